The fourth-order valence-electron chi connectivity index (χ4n) is 5.86. The smallest absolute Gasteiger partial charge is 0.262 e. The Morgan fingerprint density at radius 2 is 1.71 bits per heavy atom. The van der Waals surface area contributed by atoms with Gasteiger partial charge in [0.15, 0.2) is 5.78 Å². The molecule has 11 nitrogen and oxygen atoms in total. The molecule has 0 aliphatic carbocycles. The number of carbonyl (C=O) groups is 2. The number of allylic oxidation sites excluding steroid dienone is 1. The van der Waals surface area contributed by atoms with E-state index in [4.69, 9.17) is 4.74 Å². The van der Waals surface area contributed by atoms with Crippen LogP contribution in [0.2, 0.25) is 0 Å². The van der Waals surface area contributed by atoms with E-state index in [1.807, 2.05) is 18.2 Å². The van der Waals surface area contributed by atoms with Crippen molar-refractivity contribution >= 4 is 44.1 Å². The summed E-state index contributed by atoms with van der Waals surface area (Å²) in [5.74, 6) is 0.0594. The molecule has 2 aliphatic rings. The Morgan fingerprint density at radius 3 is 2.40 bits per heavy atom. The van der Waals surface area contributed by atoms with Gasteiger partial charge in [-0.15, -0.1) is 0 Å². The quantitative estimate of drug-likeness (QED) is 0.284. The molecule has 45 heavy (non-hydrogen) atoms. The predicted molar refractivity (Wildman–Crippen MR) is 167 cm³/mol. The van der Waals surface area contributed by atoms with E-state index in [0.717, 1.165) is 60.3 Å². The van der Waals surface area contributed by atoms with Crippen LogP contribution in [0.5, 0.6) is 5.88 Å². The summed E-state index contributed by atoms with van der Waals surface area (Å²) < 4.78 is 47.3. The third-order valence-corrected chi connectivity index (χ3v) is 9.69. The van der Waals surface area contributed by atoms with Crippen LogP contribution in [0.4, 0.5) is 15.9 Å². The molecule has 4 heterocycles. The molecule has 13 heteroatoms. The zero-order valence-corrected chi connectivity index (χ0v) is 25.6. The maximum absolute atomic E-state index is 13.4. The lowest BCUT2D eigenvalue weighted by atomic mass is 9.72. The van der Waals surface area contributed by atoms with E-state index in [0.29, 0.717) is 18.7 Å². The number of ketones is 1. The summed E-state index contributed by atoms with van der Waals surface area (Å²) in [4.78, 5) is 40.8. The third-order valence-electron chi connectivity index (χ3n) is 8.31. The van der Waals surface area contributed by atoms with Crippen molar-refractivity contribution in [3.05, 3.63) is 79.0 Å². The molecule has 4 aromatic rings. The first-order valence-corrected chi connectivity index (χ1v) is 15.8. The first-order valence-electron chi connectivity index (χ1n) is 14.4. The topological polar surface area (TPSA) is 135 Å². The van der Waals surface area contributed by atoms with Crippen LogP contribution in [-0.4, -0.2) is 73.2 Å². The molecule has 2 aliphatic heterocycles. The highest BCUT2D eigenvalue weighted by atomic mass is 32.2. The number of nitrogens with one attached hydrogen (secondary N) is 1. The normalized spacial score (nSPS) is 16.2. The molecule has 6 rings (SSSR count). The molecule has 232 valence electrons. The molecule has 1 amide bonds. The molecular formula is C32H31FN6O5S. The second-order valence-electron chi connectivity index (χ2n) is 11.4. The van der Waals surface area contributed by atoms with Crippen molar-refractivity contribution in [2.24, 2.45) is 5.41 Å². The van der Waals surface area contributed by atoms with E-state index in [1.165, 1.54) is 38.3 Å². The largest absolute Gasteiger partial charge is 0.480 e. The Labute approximate surface area is 259 Å². The number of methoxy groups -OCH3 is 1. The Hall–Kier alpha value is -4.91. The minimum atomic E-state index is -4.04. The number of fused-ring (bicyclic) bond motifs is 1. The fraction of sp³-hybridized carbons (Fsp3) is 0.281. The van der Waals surface area contributed by atoms with E-state index >= 15 is 0 Å². The second-order valence-corrected chi connectivity index (χ2v) is 13.1. The van der Waals surface area contributed by atoms with E-state index in [1.54, 1.807) is 23.5 Å². The van der Waals surface area contributed by atoms with Gasteiger partial charge < -0.3 is 14.5 Å². The van der Waals surface area contributed by atoms with Crippen molar-refractivity contribution in [1.29, 1.82) is 0 Å². The number of amides is 1. The van der Waals surface area contributed by atoms with Crippen molar-refractivity contribution in [2.75, 3.05) is 42.9 Å². The van der Waals surface area contributed by atoms with Gasteiger partial charge in [-0.25, -0.2) is 27.8 Å². The van der Waals surface area contributed by atoms with Gasteiger partial charge in [-0.05, 0) is 73.9 Å². The highest BCUT2D eigenvalue weighted by Crippen LogP contribution is 2.42. The summed E-state index contributed by atoms with van der Waals surface area (Å²) in [6, 6.07) is 11.9. The summed E-state index contributed by atoms with van der Waals surface area (Å²) in [5.41, 5.74) is 2.38. The number of halogens is 1. The summed E-state index contributed by atoms with van der Waals surface area (Å²) >= 11 is 0. The number of ether oxygens (including phenoxy) is 1. The highest BCUT2D eigenvalue weighted by molar-refractivity contribution is 7.92. The van der Waals surface area contributed by atoms with Crippen LogP contribution in [0, 0.1) is 11.2 Å². The van der Waals surface area contributed by atoms with Crippen LogP contribution >= 0.6 is 0 Å². The lowest BCUT2D eigenvalue weighted by Crippen LogP contribution is -2.61. The summed E-state index contributed by atoms with van der Waals surface area (Å²) in [6.45, 7) is 4.30. The van der Waals surface area contributed by atoms with Gasteiger partial charge in [-0.1, -0.05) is 6.07 Å². The van der Waals surface area contributed by atoms with E-state index in [9.17, 15) is 22.4 Å². The van der Waals surface area contributed by atoms with Gasteiger partial charge in [0.25, 0.3) is 10.0 Å². The maximum Gasteiger partial charge on any atom is 0.262 e. The molecule has 0 bridgehead atoms. The molecule has 2 saturated heterocycles. The average Bonchev–Trinajstić information content (AvgIpc) is 3.02. The van der Waals surface area contributed by atoms with Crippen LogP contribution in [0.1, 0.15) is 19.8 Å². The van der Waals surface area contributed by atoms with Crippen molar-refractivity contribution in [3.8, 4) is 17.0 Å². The van der Waals surface area contributed by atoms with Gasteiger partial charge in [-0.3, -0.25) is 14.3 Å². The first kappa shape index (κ1) is 30.1. The van der Waals surface area contributed by atoms with Gasteiger partial charge in [0.05, 0.1) is 17.5 Å². The van der Waals surface area contributed by atoms with Crippen molar-refractivity contribution < 1.29 is 27.1 Å². The molecule has 1 spiro atoms. The lowest BCUT2D eigenvalue weighted by molar-refractivity contribution is -0.139. The van der Waals surface area contributed by atoms with Gasteiger partial charge >= 0.3 is 0 Å². The van der Waals surface area contributed by atoms with Crippen molar-refractivity contribution in [3.63, 3.8) is 0 Å². The van der Waals surface area contributed by atoms with Crippen molar-refractivity contribution in [2.45, 2.75) is 24.7 Å². The number of nitrogens with zero attached hydrogens (tertiary/aromatic N) is 5. The van der Waals surface area contributed by atoms with E-state index in [2.05, 4.69) is 24.6 Å². The highest BCUT2D eigenvalue weighted by Gasteiger charge is 2.46. The van der Waals surface area contributed by atoms with Gasteiger partial charge in [0.1, 0.15) is 23.6 Å². The Morgan fingerprint density at radius 1 is 0.978 bits per heavy atom. The maximum atomic E-state index is 13.4. The van der Waals surface area contributed by atoms with Crippen molar-refractivity contribution in [1.82, 2.24) is 19.9 Å². The van der Waals surface area contributed by atoms with E-state index in [-0.39, 0.29) is 33.6 Å². The monoisotopic (exact) mass is 630 g/mol. The SMILES string of the molecule is COc1ncc(-c2ccc3ncnc(N4CCC5(CC4)CN(C(=O)/C=C/C(C)=O)C5)c3c2)cc1NS(=O)(=O)c1ccc(F)cc1. The zero-order chi connectivity index (χ0) is 31.8. The minimum Gasteiger partial charge on any atom is -0.480 e. The fourth-order valence-corrected chi connectivity index (χ4v) is 6.91. The average molecular weight is 631 g/mol. The van der Waals surface area contributed by atoms with Crippen LogP contribution in [-0.2, 0) is 19.6 Å². The molecule has 2 aromatic heterocycles. The summed E-state index contributed by atoms with van der Waals surface area (Å²) in [7, 11) is -2.65. The van der Waals surface area contributed by atoms with Crippen LogP contribution in [0.15, 0.2) is 78.1 Å². The Bertz CT molecular complexity index is 1920. The minimum absolute atomic E-state index is 0.0661. The first-order chi connectivity index (χ1) is 21.6. The number of hydrogen-bond donors (Lipinski definition) is 1. The second kappa shape index (κ2) is 11.9. The molecular weight excluding hydrogens is 599 g/mol. The molecule has 1 N–H and O–H groups in total. The number of pyridine rings is 1. The standard InChI is InChI=1S/C32H31FN6O5S/c1-21(40)3-10-29(41)39-18-32(19-39)11-13-38(14-12-32)30-26-15-22(4-9-27(26)35-20-36-30)23-16-28(31(44-2)34-17-23)37-45(42,43)25-7-5-24(33)6-8-25/h3-10,15-17,20,37H,11-14,18-19H2,1-2H3/b10-3+. The van der Waals surface area contributed by atoms with Gasteiger partial charge in [0.2, 0.25) is 11.8 Å². The van der Waals surface area contributed by atoms with E-state index < -0.39 is 15.8 Å². The number of aromatic nitrogens is 3. The summed E-state index contributed by atoms with van der Waals surface area (Å²) in [6.07, 6.45) is 7.59. The number of hydrogen-bond acceptors (Lipinski definition) is 9. The number of anilines is 2. The Balaban J connectivity index is 1.22. The zero-order valence-electron chi connectivity index (χ0n) is 24.7. The number of sulfonamides is 1. The molecule has 0 saturated carbocycles. The van der Waals surface area contributed by atoms with Gasteiger partial charge in [0, 0.05) is 54.8 Å². The summed E-state index contributed by atoms with van der Waals surface area (Å²) in [5, 5.41) is 0.843. The third kappa shape index (κ3) is 6.21. The van der Waals surface area contributed by atoms with Gasteiger partial charge in [-0.2, -0.15) is 0 Å². The lowest BCUT2D eigenvalue weighted by Gasteiger charge is -2.54. The molecule has 2 fully saturated rings. The molecule has 0 radical (unpaired) electrons. The number of piperidine rings is 1. The number of rotatable bonds is 8. The number of likely N-dealkylation sites (tertiary alicyclic amines) is 1. The molecule has 0 atom stereocenters. The predicted octanol–water partition coefficient (Wildman–Crippen LogP) is 4.21. The number of benzene rings is 2. The number of carbonyl (C=O) groups excluding carboxylic acids is 2. The molecule has 2 aromatic carbocycles. The van der Waals surface area contributed by atoms with Crippen LogP contribution < -0.4 is 14.4 Å². The van der Waals surface area contributed by atoms with Crippen LogP contribution in [0.3, 0.4) is 0 Å². The molecule has 0 unspecified atom stereocenters. The van der Waals surface area contributed by atoms with Crippen LogP contribution in [0.25, 0.3) is 22.0 Å². The Kier molecular flexibility index (Phi) is 7.96.